The molecule has 0 spiro atoms. The van der Waals surface area contributed by atoms with Crippen LogP contribution in [0.2, 0.25) is 0 Å². The van der Waals surface area contributed by atoms with E-state index >= 15 is 0 Å². The van der Waals surface area contributed by atoms with E-state index in [4.69, 9.17) is 16.3 Å². The van der Waals surface area contributed by atoms with Crippen molar-refractivity contribution in [3.8, 4) is 0 Å². The quantitative estimate of drug-likeness (QED) is 0.438. The number of benzene rings is 1. The number of carbonyl (C=O) groups excluding carboxylic acids is 2. The molecule has 0 N–H and O–H groups in total. The molecule has 1 aromatic carbocycles. The molecule has 0 saturated carbocycles. The van der Waals surface area contributed by atoms with Crippen molar-refractivity contribution in [2.75, 3.05) is 12.7 Å². The summed E-state index contributed by atoms with van der Waals surface area (Å²) in [5, 5.41) is 0. The summed E-state index contributed by atoms with van der Waals surface area (Å²) in [5.74, 6) is -0.335. The van der Waals surface area contributed by atoms with Crippen LogP contribution in [-0.4, -0.2) is 24.8 Å². The fourth-order valence-corrected chi connectivity index (χ4v) is 1.36. The molecule has 0 radical (unpaired) electrons. The summed E-state index contributed by atoms with van der Waals surface area (Å²) in [6.45, 7) is 0.338. The molecule has 0 aliphatic rings. The van der Waals surface area contributed by atoms with Gasteiger partial charge in [-0.05, 0) is 12.0 Å². The average molecular weight is 287 g/mol. The SMILES string of the molecule is O=C(CCCOC(=O)OCCl)OCc1ccccc1. The summed E-state index contributed by atoms with van der Waals surface area (Å²) < 4.78 is 14.0. The number of carbonyl (C=O) groups is 2. The first kappa shape index (κ1) is 15.3. The maximum atomic E-state index is 11.4. The van der Waals surface area contributed by atoms with E-state index in [0.717, 1.165) is 5.56 Å². The standard InChI is InChI=1S/C13H15ClO5/c14-10-19-13(16)17-8-4-7-12(15)18-9-11-5-2-1-3-6-11/h1-3,5-6H,4,7-10H2. The molecule has 1 rings (SSSR count). The third-order valence-corrected chi connectivity index (χ3v) is 2.27. The minimum Gasteiger partial charge on any atom is -0.461 e. The minimum absolute atomic E-state index is 0.0934. The predicted molar refractivity (Wildman–Crippen MR) is 68.6 cm³/mol. The summed E-state index contributed by atoms with van der Waals surface area (Å²) >= 11 is 5.16. The van der Waals surface area contributed by atoms with Gasteiger partial charge in [0.1, 0.15) is 6.61 Å². The second-order valence-corrected chi connectivity index (χ2v) is 3.82. The van der Waals surface area contributed by atoms with Gasteiger partial charge in [0.05, 0.1) is 6.61 Å². The van der Waals surface area contributed by atoms with E-state index in [0.29, 0.717) is 6.42 Å². The van der Waals surface area contributed by atoms with E-state index in [2.05, 4.69) is 9.47 Å². The van der Waals surface area contributed by atoms with Crippen molar-refractivity contribution in [2.24, 2.45) is 0 Å². The molecule has 0 aromatic heterocycles. The first-order valence-corrected chi connectivity index (χ1v) is 6.31. The van der Waals surface area contributed by atoms with Crippen LogP contribution < -0.4 is 0 Å². The second-order valence-electron chi connectivity index (χ2n) is 3.60. The van der Waals surface area contributed by atoms with Gasteiger partial charge >= 0.3 is 12.1 Å². The molecule has 0 fully saturated rings. The van der Waals surface area contributed by atoms with Crippen LogP contribution in [0.1, 0.15) is 18.4 Å². The van der Waals surface area contributed by atoms with Gasteiger partial charge in [-0.1, -0.05) is 41.9 Å². The van der Waals surface area contributed by atoms with Crippen LogP contribution in [0.4, 0.5) is 4.79 Å². The number of hydrogen-bond donors (Lipinski definition) is 0. The van der Waals surface area contributed by atoms with Gasteiger partial charge in [0, 0.05) is 6.42 Å². The molecule has 5 nitrogen and oxygen atoms in total. The van der Waals surface area contributed by atoms with Gasteiger partial charge in [0.15, 0.2) is 6.07 Å². The van der Waals surface area contributed by atoms with Gasteiger partial charge in [-0.2, -0.15) is 0 Å². The van der Waals surface area contributed by atoms with Crippen molar-refractivity contribution in [3.63, 3.8) is 0 Å². The molecule has 0 amide bonds. The van der Waals surface area contributed by atoms with E-state index in [1.54, 1.807) is 0 Å². The fourth-order valence-electron chi connectivity index (χ4n) is 1.27. The van der Waals surface area contributed by atoms with Crippen molar-refractivity contribution < 1.29 is 23.8 Å². The molecule has 0 unspecified atom stereocenters. The number of rotatable bonds is 7. The molecule has 0 bridgehead atoms. The summed E-state index contributed by atoms with van der Waals surface area (Å²) in [6.07, 6.45) is -0.279. The van der Waals surface area contributed by atoms with Gasteiger partial charge in [-0.3, -0.25) is 4.79 Å². The highest BCUT2D eigenvalue weighted by atomic mass is 35.5. The molecule has 0 saturated heterocycles. The average Bonchev–Trinajstić information content (AvgIpc) is 2.43. The molecular weight excluding hydrogens is 272 g/mol. The topological polar surface area (TPSA) is 61.8 Å². The zero-order chi connectivity index (χ0) is 13.9. The van der Waals surface area contributed by atoms with Crippen molar-refractivity contribution in [2.45, 2.75) is 19.4 Å². The van der Waals surface area contributed by atoms with Crippen LogP contribution in [0.3, 0.4) is 0 Å². The summed E-state index contributed by atoms with van der Waals surface area (Å²) in [4.78, 5) is 22.1. The van der Waals surface area contributed by atoms with Crippen LogP contribution in [0.25, 0.3) is 0 Å². The Balaban J connectivity index is 2.07. The Kier molecular flexibility index (Phi) is 7.43. The fraction of sp³-hybridized carbons (Fsp3) is 0.385. The number of alkyl halides is 1. The lowest BCUT2D eigenvalue weighted by molar-refractivity contribution is -0.145. The Morgan fingerprint density at radius 2 is 1.79 bits per heavy atom. The van der Waals surface area contributed by atoms with Crippen LogP contribution in [-0.2, 0) is 25.6 Å². The molecule has 1 aromatic rings. The van der Waals surface area contributed by atoms with Crippen LogP contribution in [0, 0.1) is 0 Å². The smallest absolute Gasteiger partial charge is 0.461 e. The van der Waals surface area contributed by atoms with Crippen molar-refractivity contribution in [1.29, 1.82) is 0 Å². The lowest BCUT2D eigenvalue weighted by Gasteiger charge is -2.05. The van der Waals surface area contributed by atoms with Gasteiger partial charge in [0.2, 0.25) is 0 Å². The lowest BCUT2D eigenvalue weighted by Crippen LogP contribution is -2.10. The Morgan fingerprint density at radius 3 is 2.47 bits per heavy atom. The molecule has 0 aliphatic carbocycles. The number of ether oxygens (including phenoxy) is 3. The van der Waals surface area contributed by atoms with E-state index in [1.165, 1.54) is 0 Å². The molecule has 104 valence electrons. The van der Waals surface area contributed by atoms with E-state index in [9.17, 15) is 9.59 Å². The first-order chi connectivity index (χ1) is 9.22. The monoisotopic (exact) mass is 286 g/mol. The lowest BCUT2D eigenvalue weighted by atomic mass is 10.2. The second kappa shape index (κ2) is 9.22. The zero-order valence-corrected chi connectivity index (χ0v) is 11.1. The van der Waals surface area contributed by atoms with Gasteiger partial charge < -0.3 is 14.2 Å². The van der Waals surface area contributed by atoms with E-state index in [-0.39, 0.29) is 31.7 Å². The molecule has 0 aliphatic heterocycles. The molecule has 19 heavy (non-hydrogen) atoms. The Hall–Kier alpha value is -1.75. The minimum atomic E-state index is -0.840. The molecule has 6 heteroatoms. The summed E-state index contributed by atoms with van der Waals surface area (Å²) in [6, 6.07) is 9.14. The third kappa shape index (κ3) is 7.31. The largest absolute Gasteiger partial charge is 0.509 e. The number of esters is 1. The zero-order valence-electron chi connectivity index (χ0n) is 10.3. The molecule has 0 atom stereocenters. The van der Waals surface area contributed by atoms with Crippen molar-refractivity contribution >= 4 is 23.7 Å². The predicted octanol–water partition coefficient (Wildman–Crippen LogP) is 2.86. The Bertz CT molecular complexity index is 393. The maximum Gasteiger partial charge on any atom is 0.509 e. The van der Waals surface area contributed by atoms with E-state index < -0.39 is 6.16 Å². The van der Waals surface area contributed by atoms with Gasteiger partial charge in [-0.25, -0.2) is 4.79 Å². The summed E-state index contributed by atoms with van der Waals surface area (Å²) in [5.41, 5.74) is 0.929. The Morgan fingerprint density at radius 1 is 1.05 bits per heavy atom. The van der Waals surface area contributed by atoms with Crippen molar-refractivity contribution in [1.82, 2.24) is 0 Å². The van der Waals surface area contributed by atoms with Gasteiger partial charge in [-0.15, -0.1) is 0 Å². The highest BCUT2D eigenvalue weighted by Gasteiger charge is 2.06. The Labute approximate surface area is 116 Å². The normalized spacial score (nSPS) is 9.74. The number of hydrogen-bond acceptors (Lipinski definition) is 5. The molecular formula is C13H15ClO5. The van der Waals surface area contributed by atoms with Crippen LogP contribution >= 0.6 is 11.6 Å². The highest BCUT2D eigenvalue weighted by Crippen LogP contribution is 2.03. The van der Waals surface area contributed by atoms with E-state index in [1.807, 2.05) is 30.3 Å². The molecule has 0 heterocycles. The first-order valence-electron chi connectivity index (χ1n) is 5.77. The maximum absolute atomic E-state index is 11.4. The highest BCUT2D eigenvalue weighted by molar-refractivity contribution is 6.17. The number of halogens is 1. The third-order valence-electron chi connectivity index (χ3n) is 2.16. The van der Waals surface area contributed by atoms with Crippen LogP contribution in [0.5, 0.6) is 0 Å². The van der Waals surface area contributed by atoms with Crippen LogP contribution in [0.15, 0.2) is 30.3 Å². The van der Waals surface area contributed by atoms with Crippen molar-refractivity contribution in [3.05, 3.63) is 35.9 Å². The summed E-state index contributed by atoms with van der Waals surface area (Å²) in [7, 11) is 0. The van der Waals surface area contributed by atoms with Gasteiger partial charge in [0.25, 0.3) is 0 Å².